The first-order chi connectivity index (χ1) is 8.16. The van der Waals surface area contributed by atoms with Crippen LogP contribution in [0.1, 0.15) is 16.1 Å². The number of carbonyl (C=O) groups is 1. The lowest BCUT2D eigenvalue weighted by Crippen LogP contribution is -2.14. The average Bonchev–Trinajstić information content (AvgIpc) is 2.35. The molecule has 0 fully saturated rings. The number of rotatable bonds is 2. The molecule has 1 aromatic heterocycles. The third kappa shape index (κ3) is 2.79. The smallest absolute Gasteiger partial charge is 0.274 e. The molecule has 0 saturated carbocycles. The van der Waals surface area contributed by atoms with Gasteiger partial charge in [0.2, 0.25) is 0 Å². The number of carbonyl (C=O) groups excluding carboxylic acids is 1. The molecular formula is C12H10ClN3O. The highest BCUT2D eigenvalue weighted by molar-refractivity contribution is 6.31. The van der Waals surface area contributed by atoms with Gasteiger partial charge in [-0.2, -0.15) is 0 Å². The van der Waals surface area contributed by atoms with Crippen LogP contribution in [0.3, 0.4) is 0 Å². The maximum atomic E-state index is 11.8. The van der Waals surface area contributed by atoms with Crippen LogP contribution >= 0.6 is 11.6 Å². The van der Waals surface area contributed by atoms with E-state index in [0.717, 1.165) is 5.56 Å². The van der Waals surface area contributed by atoms with Crippen LogP contribution in [-0.2, 0) is 0 Å². The average molecular weight is 248 g/mol. The summed E-state index contributed by atoms with van der Waals surface area (Å²) < 4.78 is 0. The summed E-state index contributed by atoms with van der Waals surface area (Å²) in [4.78, 5) is 19.5. The van der Waals surface area contributed by atoms with Gasteiger partial charge >= 0.3 is 0 Å². The van der Waals surface area contributed by atoms with Gasteiger partial charge in [-0.25, -0.2) is 9.97 Å². The lowest BCUT2D eigenvalue weighted by Gasteiger charge is -2.07. The number of amides is 1. The molecule has 1 heterocycles. The van der Waals surface area contributed by atoms with Gasteiger partial charge in [0.25, 0.3) is 5.91 Å². The number of aryl methyl sites for hydroxylation is 1. The lowest BCUT2D eigenvalue weighted by molar-refractivity contribution is 0.102. The fraction of sp³-hybridized carbons (Fsp3) is 0.0833. The van der Waals surface area contributed by atoms with E-state index < -0.39 is 0 Å². The molecule has 0 aliphatic rings. The van der Waals surface area contributed by atoms with E-state index in [0.29, 0.717) is 16.4 Å². The fourth-order valence-corrected chi connectivity index (χ4v) is 1.51. The molecule has 0 spiro atoms. The Bertz CT molecular complexity index is 543. The number of hydrogen-bond acceptors (Lipinski definition) is 3. The third-order valence-corrected chi connectivity index (χ3v) is 2.50. The van der Waals surface area contributed by atoms with Crippen LogP contribution in [0.5, 0.6) is 0 Å². The van der Waals surface area contributed by atoms with E-state index in [1.54, 1.807) is 18.2 Å². The zero-order chi connectivity index (χ0) is 12.3. The monoisotopic (exact) mass is 247 g/mol. The van der Waals surface area contributed by atoms with Crippen LogP contribution < -0.4 is 5.32 Å². The molecule has 1 N–H and O–H groups in total. The molecule has 2 aromatic rings. The van der Waals surface area contributed by atoms with Crippen LogP contribution in [0.4, 0.5) is 5.69 Å². The van der Waals surface area contributed by atoms with E-state index in [1.807, 2.05) is 13.0 Å². The van der Waals surface area contributed by atoms with Crippen molar-refractivity contribution >= 4 is 23.2 Å². The van der Waals surface area contributed by atoms with E-state index in [1.165, 1.54) is 12.5 Å². The summed E-state index contributed by atoms with van der Waals surface area (Å²) in [7, 11) is 0. The summed E-state index contributed by atoms with van der Waals surface area (Å²) >= 11 is 5.87. The Morgan fingerprint density at radius 1 is 1.35 bits per heavy atom. The fourth-order valence-electron chi connectivity index (χ4n) is 1.34. The molecule has 0 bridgehead atoms. The number of nitrogens with zero attached hydrogens (tertiary/aromatic N) is 2. The molecule has 0 atom stereocenters. The standard InChI is InChI=1S/C12H10ClN3O/c1-8-2-3-9(13)6-11(8)16-12(17)10-4-5-14-7-15-10/h2-7H,1H3,(H,16,17). The quantitative estimate of drug-likeness (QED) is 0.888. The van der Waals surface area contributed by atoms with E-state index in [9.17, 15) is 4.79 Å². The van der Waals surface area contributed by atoms with Crippen molar-refractivity contribution in [2.24, 2.45) is 0 Å². The summed E-state index contributed by atoms with van der Waals surface area (Å²) in [6, 6.07) is 6.88. The molecule has 0 unspecified atom stereocenters. The normalized spacial score (nSPS) is 10.0. The molecule has 0 radical (unpaired) electrons. The number of benzene rings is 1. The van der Waals surface area contributed by atoms with Crippen molar-refractivity contribution < 1.29 is 4.79 Å². The topological polar surface area (TPSA) is 54.9 Å². The molecular weight excluding hydrogens is 238 g/mol. The van der Waals surface area contributed by atoms with Crippen molar-refractivity contribution in [2.75, 3.05) is 5.32 Å². The number of anilines is 1. The van der Waals surface area contributed by atoms with Gasteiger partial charge in [0, 0.05) is 16.9 Å². The SMILES string of the molecule is Cc1ccc(Cl)cc1NC(=O)c1ccncn1. The van der Waals surface area contributed by atoms with Gasteiger partial charge < -0.3 is 5.32 Å². The highest BCUT2D eigenvalue weighted by Crippen LogP contribution is 2.20. The number of halogens is 1. The number of aromatic nitrogens is 2. The molecule has 2 rings (SSSR count). The molecule has 0 saturated heterocycles. The zero-order valence-electron chi connectivity index (χ0n) is 9.14. The maximum Gasteiger partial charge on any atom is 0.274 e. The summed E-state index contributed by atoms with van der Waals surface area (Å²) in [5.74, 6) is -0.280. The first-order valence-electron chi connectivity index (χ1n) is 5.00. The Hall–Kier alpha value is -1.94. The zero-order valence-corrected chi connectivity index (χ0v) is 9.90. The Balaban J connectivity index is 2.22. The highest BCUT2D eigenvalue weighted by Gasteiger charge is 2.08. The van der Waals surface area contributed by atoms with E-state index in [2.05, 4.69) is 15.3 Å². The van der Waals surface area contributed by atoms with Gasteiger partial charge in [0.1, 0.15) is 12.0 Å². The van der Waals surface area contributed by atoms with Crippen LogP contribution in [0.15, 0.2) is 36.8 Å². The van der Waals surface area contributed by atoms with Crippen LogP contribution in [0, 0.1) is 6.92 Å². The van der Waals surface area contributed by atoms with Crippen molar-refractivity contribution in [3.8, 4) is 0 Å². The van der Waals surface area contributed by atoms with Crippen molar-refractivity contribution in [1.29, 1.82) is 0 Å². The summed E-state index contributed by atoms with van der Waals surface area (Å²) in [6.07, 6.45) is 2.85. The maximum absolute atomic E-state index is 11.8. The Kier molecular flexibility index (Phi) is 3.35. The molecule has 0 aliphatic heterocycles. The van der Waals surface area contributed by atoms with Crippen molar-refractivity contribution in [1.82, 2.24) is 9.97 Å². The second kappa shape index (κ2) is 4.93. The van der Waals surface area contributed by atoms with Gasteiger partial charge in [-0.05, 0) is 30.7 Å². The minimum absolute atomic E-state index is 0.280. The van der Waals surface area contributed by atoms with Gasteiger partial charge in [0.15, 0.2) is 0 Å². The molecule has 4 nitrogen and oxygen atoms in total. The molecule has 5 heteroatoms. The molecule has 0 aliphatic carbocycles. The third-order valence-electron chi connectivity index (χ3n) is 2.26. The van der Waals surface area contributed by atoms with Gasteiger partial charge in [-0.1, -0.05) is 17.7 Å². The van der Waals surface area contributed by atoms with E-state index in [-0.39, 0.29) is 5.91 Å². The minimum atomic E-state index is -0.280. The predicted molar refractivity (Wildman–Crippen MR) is 66.2 cm³/mol. The summed E-state index contributed by atoms with van der Waals surface area (Å²) in [5.41, 5.74) is 1.94. The Labute approximate surface area is 104 Å². The van der Waals surface area contributed by atoms with Crippen molar-refractivity contribution in [3.05, 3.63) is 53.1 Å². The van der Waals surface area contributed by atoms with Crippen LogP contribution in [0.25, 0.3) is 0 Å². The largest absolute Gasteiger partial charge is 0.320 e. The molecule has 17 heavy (non-hydrogen) atoms. The number of hydrogen-bond donors (Lipinski definition) is 1. The summed E-state index contributed by atoms with van der Waals surface area (Å²) in [5, 5.41) is 3.33. The molecule has 1 aromatic carbocycles. The second-order valence-corrected chi connectivity index (χ2v) is 3.94. The van der Waals surface area contributed by atoms with Gasteiger partial charge in [0.05, 0.1) is 0 Å². The first kappa shape index (κ1) is 11.5. The van der Waals surface area contributed by atoms with Crippen LogP contribution in [0.2, 0.25) is 5.02 Å². The molecule has 1 amide bonds. The van der Waals surface area contributed by atoms with Crippen molar-refractivity contribution in [3.63, 3.8) is 0 Å². The Morgan fingerprint density at radius 2 is 2.18 bits per heavy atom. The minimum Gasteiger partial charge on any atom is -0.320 e. The van der Waals surface area contributed by atoms with E-state index in [4.69, 9.17) is 11.6 Å². The van der Waals surface area contributed by atoms with E-state index >= 15 is 0 Å². The van der Waals surface area contributed by atoms with Crippen molar-refractivity contribution in [2.45, 2.75) is 6.92 Å². The Morgan fingerprint density at radius 3 is 2.88 bits per heavy atom. The van der Waals surface area contributed by atoms with Gasteiger partial charge in [-0.15, -0.1) is 0 Å². The van der Waals surface area contributed by atoms with Crippen LogP contribution in [-0.4, -0.2) is 15.9 Å². The molecule has 86 valence electrons. The number of nitrogens with one attached hydrogen (secondary N) is 1. The van der Waals surface area contributed by atoms with Gasteiger partial charge in [-0.3, -0.25) is 4.79 Å². The lowest BCUT2D eigenvalue weighted by atomic mass is 10.2. The highest BCUT2D eigenvalue weighted by atomic mass is 35.5. The first-order valence-corrected chi connectivity index (χ1v) is 5.38. The predicted octanol–water partition coefficient (Wildman–Crippen LogP) is 2.69. The summed E-state index contributed by atoms with van der Waals surface area (Å²) in [6.45, 7) is 1.89. The second-order valence-electron chi connectivity index (χ2n) is 3.51.